The van der Waals surface area contributed by atoms with Gasteiger partial charge in [0.2, 0.25) is 15.9 Å². The Balaban J connectivity index is 1.81. The summed E-state index contributed by atoms with van der Waals surface area (Å²) in [5, 5.41) is 2.60. The van der Waals surface area contributed by atoms with Crippen LogP contribution in [0.15, 0.2) is 29.2 Å². The largest absolute Gasteiger partial charge is 0.354 e. The number of nitrogens with zero attached hydrogens (tertiary/aromatic N) is 2. The number of benzene rings is 1. The second kappa shape index (κ2) is 9.13. The van der Waals surface area contributed by atoms with E-state index in [4.69, 9.17) is 0 Å². The van der Waals surface area contributed by atoms with E-state index in [0.29, 0.717) is 26.2 Å². The van der Waals surface area contributed by atoms with Crippen molar-refractivity contribution in [1.82, 2.24) is 14.5 Å². The molecule has 0 aromatic heterocycles. The summed E-state index contributed by atoms with van der Waals surface area (Å²) in [7, 11) is -6.63. The highest BCUT2D eigenvalue weighted by atomic mass is 32.2. The van der Waals surface area contributed by atoms with Gasteiger partial charge in [-0.1, -0.05) is 24.6 Å². The van der Waals surface area contributed by atoms with Gasteiger partial charge in [-0.15, -0.1) is 0 Å². The molecule has 27 heavy (non-hydrogen) atoms. The number of carbonyl (C=O) groups excluding carboxylic acids is 1. The van der Waals surface area contributed by atoms with Gasteiger partial charge in [-0.3, -0.25) is 9.69 Å². The van der Waals surface area contributed by atoms with E-state index in [0.717, 1.165) is 5.56 Å². The van der Waals surface area contributed by atoms with Crippen LogP contribution < -0.4 is 5.32 Å². The molecule has 1 amide bonds. The SMILES string of the molecule is CCS(=O)(=O)CCNC(=O)CN1CCN(S(=O)(=O)c2ccc(C)cc2)CC1. The highest BCUT2D eigenvalue weighted by Crippen LogP contribution is 2.18. The van der Waals surface area contributed by atoms with Crippen molar-refractivity contribution in [1.29, 1.82) is 0 Å². The van der Waals surface area contributed by atoms with Gasteiger partial charge in [0.15, 0.2) is 9.84 Å². The minimum atomic E-state index is -3.52. The monoisotopic (exact) mass is 417 g/mol. The van der Waals surface area contributed by atoms with Crippen LogP contribution in [0.2, 0.25) is 0 Å². The third-order valence-electron chi connectivity index (χ3n) is 4.53. The number of sulfonamides is 1. The van der Waals surface area contributed by atoms with E-state index >= 15 is 0 Å². The molecule has 2 rings (SSSR count). The van der Waals surface area contributed by atoms with E-state index in [1.54, 1.807) is 31.2 Å². The molecule has 0 spiro atoms. The van der Waals surface area contributed by atoms with Crippen LogP contribution in [-0.2, 0) is 24.7 Å². The van der Waals surface area contributed by atoms with Gasteiger partial charge in [0, 0.05) is 38.5 Å². The Hall–Kier alpha value is -1.49. The van der Waals surface area contributed by atoms with Crippen molar-refractivity contribution < 1.29 is 21.6 Å². The van der Waals surface area contributed by atoms with E-state index in [2.05, 4.69) is 5.32 Å². The van der Waals surface area contributed by atoms with Crippen LogP contribution in [0, 0.1) is 6.92 Å². The third kappa shape index (κ3) is 6.27. The van der Waals surface area contributed by atoms with Crippen LogP contribution in [0.4, 0.5) is 0 Å². The van der Waals surface area contributed by atoms with Gasteiger partial charge >= 0.3 is 0 Å². The lowest BCUT2D eigenvalue weighted by Gasteiger charge is -2.33. The zero-order chi connectivity index (χ0) is 20.1. The Kier molecular flexibility index (Phi) is 7.38. The molecule has 1 aliphatic heterocycles. The predicted molar refractivity (Wildman–Crippen MR) is 104 cm³/mol. The van der Waals surface area contributed by atoms with Crippen molar-refractivity contribution in [2.24, 2.45) is 0 Å². The van der Waals surface area contributed by atoms with Crippen molar-refractivity contribution in [3.63, 3.8) is 0 Å². The van der Waals surface area contributed by atoms with Crippen LogP contribution in [0.25, 0.3) is 0 Å². The third-order valence-corrected chi connectivity index (χ3v) is 8.15. The summed E-state index contributed by atoms with van der Waals surface area (Å²) in [6, 6.07) is 6.75. The summed E-state index contributed by atoms with van der Waals surface area (Å²) < 4.78 is 49.6. The number of aryl methyl sites for hydroxylation is 1. The van der Waals surface area contributed by atoms with Crippen LogP contribution >= 0.6 is 0 Å². The fourth-order valence-electron chi connectivity index (χ4n) is 2.74. The lowest BCUT2D eigenvalue weighted by molar-refractivity contribution is -0.122. The number of nitrogens with one attached hydrogen (secondary N) is 1. The topological polar surface area (TPSA) is 104 Å². The van der Waals surface area contributed by atoms with E-state index in [1.165, 1.54) is 4.31 Å². The molecule has 1 aromatic carbocycles. The predicted octanol–water partition coefficient (Wildman–Crippen LogP) is -0.148. The van der Waals surface area contributed by atoms with E-state index in [1.807, 2.05) is 11.8 Å². The second-order valence-corrected chi connectivity index (χ2v) is 11.0. The Bertz CT molecular complexity index is 843. The first-order chi connectivity index (χ1) is 12.6. The molecule has 1 fully saturated rings. The first-order valence-corrected chi connectivity index (χ1v) is 12.2. The zero-order valence-corrected chi connectivity index (χ0v) is 17.4. The van der Waals surface area contributed by atoms with Gasteiger partial charge in [-0.2, -0.15) is 4.31 Å². The molecule has 0 unspecified atom stereocenters. The molecular weight excluding hydrogens is 390 g/mol. The first-order valence-electron chi connectivity index (χ1n) is 8.90. The molecule has 152 valence electrons. The molecule has 1 N–H and O–H groups in total. The number of carbonyl (C=O) groups is 1. The maximum atomic E-state index is 12.7. The Morgan fingerprint density at radius 2 is 1.63 bits per heavy atom. The van der Waals surface area contributed by atoms with Gasteiger partial charge in [-0.05, 0) is 19.1 Å². The van der Waals surface area contributed by atoms with Crippen LogP contribution in [0.3, 0.4) is 0 Å². The van der Waals surface area contributed by atoms with Crippen molar-refractivity contribution in [2.75, 3.05) is 50.8 Å². The van der Waals surface area contributed by atoms with Gasteiger partial charge in [0.05, 0.1) is 17.2 Å². The summed E-state index contributed by atoms with van der Waals surface area (Å²) in [5.41, 5.74) is 0.997. The van der Waals surface area contributed by atoms with Gasteiger partial charge in [0.25, 0.3) is 0 Å². The number of hydrogen-bond acceptors (Lipinski definition) is 6. The van der Waals surface area contributed by atoms with Gasteiger partial charge < -0.3 is 5.32 Å². The van der Waals surface area contributed by atoms with Crippen molar-refractivity contribution >= 4 is 25.8 Å². The molecule has 0 atom stereocenters. The summed E-state index contributed by atoms with van der Waals surface area (Å²) in [6.07, 6.45) is 0. The van der Waals surface area contributed by atoms with E-state index < -0.39 is 19.9 Å². The minimum Gasteiger partial charge on any atom is -0.354 e. The molecule has 1 saturated heterocycles. The molecule has 1 aromatic rings. The maximum Gasteiger partial charge on any atom is 0.243 e. The van der Waals surface area contributed by atoms with Crippen LogP contribution in [0.1, 0.15) is 12.5 Å². The summed E-state index contributed by atoms with van der Waals surface area (Å²) in [5.74, 6) is -0.269. The van der Waals surface area contributed by atoms with Gasteiger partial charge in [0.1, 0.15) is 0 Å². The number of amides is 1. The molecule has 8 nitrogen and oxygen atoms in total. The molecule has 0 aliphatic carbocycles. The summed E-state index contributed by atoms with van der Waals surface area (Å²) >= 11 is 0. The molecule has 1 heterocycles. The maximum absolute atomic E-state index is 12.7. The summed E-state index contributed by atoms with van der Waals surface area (Å²) in [6.45, 7) is 5.22. The van der Waals surface area contributed by atoms with E-state index in [9.17, 15) is 21.6 Å². The molecule has 1 aliphatic rings. The molecular formula is C17H27N3O5S2. The highest BCUT2D eigenvalue weighted by molar-refractivity contribution is 7.91. The zero-order valence-electron chi connectivity index (χ0n) is 15.7. The average molecular weight is 418 g/mol. The van der Waals surface area contributed by atoms with Crippen LogP contribution in [-0.4, -0.2) is 82.7 Å². The normalized spacial score (nSPS) is 17.0. The lowest BCUT2D eigenvalue weighted by Crippen LogP contribution is -2.51. The Labute approximate surface area is 161 Å². The second-order valence-electron chi connectivity index (χ2n) is 6.58. The average Bonchev–Trinajstić information content (AvgIpc) is 2.62. The number of rotatable bonds is 8. The number of piperazine rings is 1. The standard InChI is InChI=1S/C17H27N3O5S2/c1-3-26(22,23)13-8-18-17(21)14-19-9-11-20(12-10-19)27(24,25)16-6-4-15(2)5-7-16/h4-7H,3,8-14H2,1-2H3,(H,18,21). The molecule has 0 saturated carbocycles. The minimum absolute atomic E-state index is 0.0558. The number of sulfone groups is 1. The quantitative estimate of drug-likeness (QED) is 0.631. The van der Waals surface area contributed by atoms with Crippen molar-refractivity contribution in [3.05, 3.63) is 29.8 Å². The molecule has 0 radical (unpaired) electrons. The lowest BCUT2D eigenvalue weighted by atomic mass is 10.2. The van der Waals surface area contributed by atoms with Crippen molar-refractivity contribution in [3.8, 4) is 0 Å². The van der Waals surface area contributed by atoms with Crippen molar-refractivity contribution in [2.45, 2.75) is 18.7 Å². The Morgan fingerprint density at radius 3 is 2.19 bits per heavy atom. The fraction of sp³-hybridized carbons (Fsp3) is 0.588. The smallest absolute Gasteiger partial charge is 0.243 e. The first kappa shape index (κ1) is 21.8. The molecule has 0 bridgehead atoms. The number of hydrogen-bond donors (Lipinski definition) is 1. The fourth-order valence-corrected chi connectivity index (χ4v) is 4.86. The molecule has 10 heteroatoms. The Morgan fingerprint density at radius 1 is 1.04 bits per heavy atom. The summed E-state index contributed by atoms with van der Waals surface area (Å²) in [4.78, 5) is 14.1. The highest BCUT2D eigenvalue weighted by Gasteiger charge is 2.28. The van der Waals surface area contributed by atoms with Crippen LogP contribution in [0.5, 0.6) is 0 Å². The van der Waals surface area contributed by atoms with E-state index in [-0.39, 0.29) is 35.4 Å². The van der Waals surface area contributed by atoms with Gasteiger partial charge in [-0.25, -0.2) is 16.8 Å².